The summed E-state index contributed by atoms with van der Waals surface area (Å²) < 4.78 is 13.2. The number of aliphatic hydroxyl groups is 1. The summed E-state index contributed by atoms with van der Waals surface area (Å²) in [6.07, 6.45) is 0. The van der Waals surface area contributed by atoms with Crippen LogP contribution in [0.1, 0.15) is 5.56 Å². The van der Waals surface area contributed by atoms with Crippen LogP contribution in [0.25, 0.3) is 0 Å². The molecule has 0 unspecified atom stereocenters. The molecule has 2 aromatic rings. The summed E-state index contributed by atoms with van der Waals surface area (Å²) in [7, 11) is 1.82. The molecule has 0 aliphatic rings. The van der Waals surface area contributed by atoms with Gasteiger partial charge in [0.2, 0.25) is 0 Å². The van der Waals surface area contributed by atoms with Gasteiger partial charge >= 0.3 is 0 Å². The van der Waals surface area contributed by atoms with Crippen molar-refractivity contribution in [3.05, 3.63) is 58.9 Å². The minimum absolute atomic E-state index is 0.116. The molecule has 0 heterocycles. The van der Waals surface area contributed by atoms with Crippen molar-refractivity contribution >= 4 is 23.0 Å². The van der Waals surface area contributed by atoms with Gasteiger partial charge in [0.05, 0.1) is 6.61 Å². The van der Waals surface area contributed by atoms with Gasteiger partial charge in [0, 0.05) is 29.0 Å². The van der Waals surface area contributed by atoms with E-state index in [4.69, 9.17) is 11.6 Å². The van der Waals surface area contributed by atoms with Crippen LogP contribution in [0.5, 0.6) is 0 Å². The molecule has 0 spiro atoms. The van der Waals surface area contributed by atoms with E-state index in [9.17, 15) is 9.50 Å². The van der Waals surface area contributed by atoms with Crippen molar-refractivity contribution in [2.24, 2.45) is 0 Å². The average molecular weight is 266 g/mol. The molecule has 0 saturated carbocycles. The Labute approximate surface area is 110 Å². The van der Waals surface area contributed by atoms with Crippen LogP contribution in [0.15, 0.2) is 42.5 Å². The number of benzene rings is 2. The normalized spacial score (nSPS) is 10.4. The van der Waals surface area contributed by atoms with E-state index in [0.29, 0.717) is 16.3 Å². The number of anilines is 2. The van der Waals surface area contributed by atoms with Gasteiger partial charge in [0.25, 0.3) is 0 Å². The minimum atomic E-state index is -0.293. The van der Waals surface area contributed by atoms with Crippen LogP contribution in [-0.4, -0.2) is 12.2 Å². The minimum Gasteiger partial charge on any atom is -0.392 e. The summed E-state index contributed by atoms with van der Waals surface area (Å²) in [6, 6.07) is 11.5. The highest BCUT2D eigenvalue weighted by atomic mass is 35.5. The molecule has 2 aromatic carbocycles. The van der Waals surface area contributed by atoms with Gasteiger partial charge in [-0.2, -0.15) is 0 Å². The van der Waals surface area contributed by atoms with E-state index in [0.717, 1.165) is 5.69 Å². The number of hydrogen-bond acceptors (Lipinski definition) is 2. The Bertz CT molecular complexity index is 559. The molecule has 0 saturated heterocycles. The average Bonchev–Trinajstić information content (AvgIpc) is 2.37. The van der Waals surface area contributed by atoms with Gasteiger partial charge in [0.15, 0.2) is 0 Å². The smallest absolute Gasteiger partial charge is 0.125 e. The Morgan fingerprint density at radius 2 is 2.00 bits per heavy atom. The van der Waals surface area contributed by atoms with Gasteiger partial charge in [-0.25, -0.2) is 4.39 Å². The second-order valence-corrected chi connectivity index (χ2v) is 4.41. The van der Waals surface area contributed by atoms with Gasteiger partial charge < -0.3 is 10.0 Å². The Kier molecular flexibility index (Phi) is 3.84. The van der Waals surface area contributed by atoms with Crippen molar-refractivity contribution in [1.82, 2.24) is 0 Å². The molecule has 94 valence electrons. The fourth-order valence-corrected chi connectivity index (χ4v) is 2.03. The Balaban J connectivity index is 2.42. The molecule has 0 fully saturated rings. The molecular weight excluding hydrogens is 253 g/mol. The molecule has 18 heavy (non-hydrogen) atoms. The van der Waals surface area contributed by atoms with Gasteiger partial charge in [-0.1, -0.05) is 17.7 Å². The van der Waals surface area contributed by atoms with Crippen LogP contribution >= 0.6 is 11.6 Å². The summed E-state index contributed by atoms with van der Waals surface area (Å²) >= 11 is 5.88. The highest BCUT2D eigenvalue weighted by molar-refractivity contribution is 6.30. The molecule has 2 nitrogen and oxygen atoms in total. The number of rotatable bonds is 3. The standard InChI is InChI=1S/C14H13ClFNO/c1-17(13-4-2-3-12(16)8-13)14-6-5-11(15)7-10(14)9-18/h2-8,18H,9H2,1H3. The van der Waals surface area contributed by atoms with Crippen LogP contribution in [0.4, 0.5) is 15.8 Å². The summed E-state index contributed by atoms with van der Waals surface area (Å²) in [5.41, 5.74) is 2.22. The third-order valence-corrected chi connectivity index (χ3v) is 3.00. The third-order valence-electron chi connectivity index (χ3n) is 2.77. The maximum Gasteiger partial charge on any atom is 0.125 e. The fraction of sp³-hybridized carbons (Fsp3) is 0.143. The Hall–Kier alpha value is -1.58. The predicted octanol–water partition coefficient (Wildman–Crippen LogP) is 3.74. The second-order valence-electron chi connectivity index (χ2n) is 3.97. The largest absolute Gasteiger partial charge is 0.392 e. The zero-order valence-corrected chi connectivity index (χ0v) is 10.7. The number of halogens is 2. The summed E-state index contributed by atoms with van der Waals surface area (Å²) in [5, 5.41) is 9.90. The lowest BCUT2D eigenvalue weighted by Crippen LogP contribution is -2.12. The topological polar surface area (TPSA) is 23.5 Å². The van der Waals surface area contributed by atoms with Crippen molar-refractivity contribution in [3.63, 3.8) is 0 Å². The van der Waals surface area contributed by atoms with Gasteiger partial charge in [-0.3, -0.25) is 0 Å². The van der Waals surface area contributed by atoms with Gasteiger partial charge in [-0.05, 0) is 36.4 Å². The van der Waals surface area contributed by atoms with E-state index < -0.39 is 0 Å². The van der Waals surface area contributed by atoms with Crippen molar-refractivity contribution in [2.45, 2.75) is 6.61 Å². The number of aliphatic hydroxyl groups excluding tert-OH is 1. The molecule has 0 amide bonds. The first kappa shape index (κ1) is 12.9. The van der Waals surface area contributed by atoms with Crippen LogP contribution in [-0.2, 0) is 6.61 Å². The second kappa shape index (κ2) is 5.38. The lowest BCUT2D eigenvalue weighted by Gasteiger charge is -2.22. The van der Waals surface area contributed by atoms with Crippen molar-refractivity contribution in [3.8, 4) is 0 Å². The summed E-state index contributed by atoms with van der Waals surface area (Å²) in [6.45, 7) is -0.116. The van der Waals surface area contributed by atoms with E-state index in [1.54, 1.807) is 30.3 Å². The monoisotopic (exact) mass is 265 g/mol. The molecule has 1 N–H and O–H groups in total. The van der Waals surface area contributed by atoms with E-state index >= 15 is 0 Å². The summed E-state index contributed by atoms with van der Waals surface area (Å²) in [5.74, 6) is -0.293. The lowest BCUT2D eigenvalue weighted by molar-refractivity contribution is 0.282. The quantitative estimate of drug-likeness (QED) is 0.914. The molecule has 0 aromatic heterocycles. The lowest BCUT2D eigenvalue weighted by atomic mass is 10.1. The van der Waals surface area contributed by atoms with Crippen LogP contribution in [0, 0.1) is 5.82 Å². The summed E-state index contributed by atoms with van der Waals surface area (Å²) in [4.78, 5) is 1.81. The fourth-order valence-electron chi connectivity index (χ4n) is 1.83. The van der Waals surface area contributed by atoms with Crippen molar-refractivity contribution in [2.75, 3.05) is 11.9 Å². The zero-order valence-electron chi connectivity index (χ0n) is 9.90. The molecule has 0 radical (unpaired) electrons. The third kappa shape index (κ3) is 2.63. The molecular formula is C14H13ClFNO. The van der Waals surface area contributed by atoms with E-state index in [2.05, 4.69) is 0 Å². The number of nitrogens with zero attached hydrogens (tertiary/aromatic N) is 1. The Morgan fingerprint density at radius 1 is 1.22 bits per heavy atom. The molecule has 0 atom stereocenters. The first-order valence-electron chi connectivity index (χ1n) is 5.50. The predicted molar refractivity (Wildman–Crippen MR) is 71.8 cm³/mol. The molecule has 2 rings (SSSR count). The van der Waals surface area contributed by atoms with Gasteiger partial charge in [0.1, 0.15) is 5.82 Å². The first-order valence-corrected chi connectivity index (χ1v) is 5.88. The first-order chi connectivity index (χ1) is 8.61. The Morgan fingerprint density at radius 3 is 2.67 bits per heavy atom. The molecule has 4 heteroatoms. The van der Waals surface area contributed by atoms with E-state index in [-0.39, 0.29) is 12.4 Å². The SMILES string of the molecule is CN(c1cccc(F)c1)c1ccc(Cl)cc1CO. The van der Waals surface area contributed by atoms with E-state index in [1.165, 1.54) is 12.1 Å². The maximum absolute atomic E-state index is 13.2. The van der Waals surface area contributed by atoms with E-state index in [1.807, 2.05) is 11.9 Å². The molecule has 0 bridgehead atoms. The zero-order chi connectivity index (χ0) is 13.1. The number of hydrogen-bond donors (Lipinski definition) is 1. The van der Waals surface area contributed by atoms with Crippen molar-refractivity contribution < 1.29 is 9.50 Å². The van der Waals surface area contributed by atoms with Crippen LogP contribution in [0.3, 0.4) is 0 Å². The van der Waals surface area contributed by atoms with Crippen LogP contribution < -0.4 is 4.90 Å². The van der Waals surface area contributed by atoms with Gasteiger partial charge in [-0.15, -0.1) is 0 Å². The van der Waals surface area contributed by atoms with Crippen LogP contribution in [0.2, 0.25) is 5.02 Å². The van der Waals surface area contributed by atoms with Crippen molar-refractivity contribution in [1.29, 1.82) is 0 Å². The highest BCUT2D eigenvalue weighted by Crippen LogP contribution is 2.29. The highest BCUT2D eigenvalue weighted by Gasteiger charge is 2.10. The molecule has 0 aliphatic heterocycles. The maximum atomic E-state index is 13.2. The molecule has 0 aliphatic carbocycles.